The van der Waals surface area contributed by atoms with Crippen molar-refractivity contribution in [3.8, 4) is 0 Å². The maximum atomic E-state index is 11.9. The summed E-state index contributed by atoms with van der Waals surface area (Å²) in [5.74, 6) is -1.57. The summed E-state index contributed by atoms with van der Waals surface area (Å²) in [6.07, 6.45) is 2.03. The maximum absolute atomic E-state index is 11.9. The van der Waals surface area contributed by atoms with E-state index in [0.717, 1.165) is 16.3 Å². The van der Waals surface area contributed by atoms with Crippen LogP contribution < -0.4 is 11.1 Å². The highest BCUT2D eigenvalue weighted by molar-refractivity contribution is 5.87. The fourth-order valence-corrected chi connectivity index (χ4v) is 2.37. The molecular weight excluding hydrogens is 292 g/mol. The van der Waals surface area contributed by atoms with Gasteiger partial charge in [-0.15, -0.1) is 6.58 Å². The molecule has 2 unspecified atom stereocenters. The van der Waals surface area contributed by atoms with Gasteiger partial charge in [-0.2, -0.15) is 0 Å². The van der Waals surface area contributed by atoms with Crippen LogP contribution in [0.2, 0.25) is 0 Å². The molecule has 0 heterocycles. The molecular formula is C18H20N2O3. The standard InChI is InChI=1S/C18H20N2O3/c1-2-5-15(19)17(21)20-16(18(22)23)11-12-8-9-13-6-3-4-7-14(13)10-12/h2-4,6-10,15-16H,1,5,11,19H2,(H,20,21)(H,22,23). The molecule has 0 aromatic heterocycles. The molecule has 0 aliphatic heterocycles. The summed E-state index contributed by atoms with van der Waals surface area (Å²) in [6, 6.07) is 11.8. The van der Waals surface area contributed by atoms with Crippen LogP contribution in [-0.2, 0) is 16.0 Å². The summed E-state index contributed by atoms with van der Waals surface area (Å²) in [4.78, 5) is 23.3. The zero-order valence-corrected chi connectivity index (χ0v) is 12.7. The maximum Gasteiger partial charge on any atom is 0.326 e. The van der Waals surface area contributed by atoms with E-state index in [1.807, 2.05) is 42.5 Å². The Kier molecular flexibility index (Phi) is 5.49. The third-order valence-electron chi connectivity index (χ3n) is 3.63. The Morgan fingerprint density at radius 3 is 2.57 bits per heavy atom. The average molecular weight is 312 g/mol. The van der Waals surface area contributed by atoms with Gasteiger partial charge in [0.1, 0.15) is 6.04 Å². The Hall–Kier alpha value is -2.66. The fourth-order valence-electron chi connectivity index (χ4n) is 2.37. The van der Waals surface area contributed by atoms with Crippen LogP contribution in [0.25, 0.3) is 10.8 Å². The summed E-state index contributed by atoms with van der Waals surface area (Å²) >= 11 is 0. The molecule has 120 valence electrons. The van der Waals surface area contributed by atoms with Crippen LogP contribution >= 0.6 is 0 Å². The van der Waals surface area contributed by atoms with E-state index in [4.69, 9.17) is 5.73 Å². The second kappa shape index (κ2) is 7.56. The lowest BCUT2D eigenvalue weighted by molar-refractivity contribution is -0.141. The van der Waals surface area contributed by atoms with Gasteiger partial charge >= 0.3 is 5.97 Å². The first-order chi connectivity index (χ1) is 11.0. The molecule has 0 saturated heterocycles. The Labute approximate surface area is 134 Å². The monoisotopic (exact) mass is 312 g/mol. The molecule has 0 aliphatic rings. The summed E-state index contributed by atoms with van der Waals surface area (Å²) in [5, 5.41) is 13.9. The number of rotatable bonds is 7. The van der Waals surface area contributed by atoms with Crippen molar-refractivity contribution in [1.29, 1.82) is 0 Å². The van der Waals surface area contributed by atoms with E-state index in [9.17, 15) is 14.7 Å². The molecule has 2 aromatic rings. The molecule has 2 atom stereocenters. The summed E-state index contributed by atoms with van der Waals surface area (Å²) in [7, 11) is 0. The summed E-state index contributed by atoms with van der Waals surface area (Å²) in [6.45, 7) is 3.52. The molecule has 0 fully saturated rings. The van der Waals surface area contributed by atoms with Gasteiger partial charge in [-0.3, -0.25) is 4.79 Å². The molecule has 1 amide bonds. The fraction of sp³-hybridized carbons (Fsp3) is 0.222. The lowest BCUT2D eigenvalue weighted by Gasteiger charge is -2.17. The molecule has 5 heteroatoms. The van der Waals surface area contributed by atoms with Crippen LogP contribution in [0.5, 0.6) is 0 Å². The number of hydrogen-bond donors (Lipinski definition) is 3. The van der Waals surface area contributed by atoms with Crippen molar-refractivity contribution in [2.24, 2.45) is 5.73 Å². The van der Waals surface area contributed by atoms with Gasteiger partial charge in [0.25, 0.3) is 0 Å². The van der Waals surface area contributed by atoms with Crippen LogP contribution in [0.15, 0.2) is 55.1 Å². The third kappa shape index (κ3) is 4.40. The molecule has 0 saturated carbocycles. The van der Waals surface area contributed by atoms with Gasteiger partial charge in [0.05, 0.1) is 6.04 Å². The van der Waals surface area contributed by atoms with Crippen LogP contribution in [0.4, 0.5) is 0 Å². The highest BCUT2D eigenvalue weighted by Gasteiger charge is 2.23. The van der Waals surface area contributed by atoms with E-state index in [-0.39, 0.29) is 6.42 Å². The van der Waals surface area contributed by atoms with Crippen LogP contribution in [0, 0.1) is 0 Å². The molecule has 2 aromatic carbocycles. The van der Waals surface area contributed by atoms with Crippen molar-refractivity contribution in [3.05, 3.63) is 60.7 Å². The predicted molar refractivity (Wildman–Crippen MR) is 90.0 cm³/mol. The first-order valence-electron chi connectivity index (χ1n) is 7.38. The SMILES string of the molecule is C=CCC(N)C(=O)NC(Cc1ccc2ccccc2c1)C(=O)O. The first-order valence-corrected chi connectivity index (χ1v) is 7.38. The second-order valence-corrected chi connectivity index (χ2v) is 5.42. The number of aliphatic carboxylic acids is 1. The Balaban J connectivity index is 2.13. The second-order valence-electron chi connectivity index (χ2n) is 5.42. The van der Waals surface area contributed by atoms with Gasteiger partial charge in [0, 0.05) is 6.42 Å². The number of hydrogen-bond acceptors (Lipinski definition) is 3. The molecule has 0 bridgehead atoms. The number of carbonyl (C=O) groups excluding carboxylic acids is 1. The smallest absolute Gasteiger partial charge is 0.326 e. The van der Waals surface area contributed by atoms with Crippen molar-refractivity contribution >= 4 is 22.6 Å². The van der Waals surface area contributed by atoms with Gasteiger partial charge < -0.3 is 16.2 Å². The van der Waals surface area contributed by atoms with Crippen molar-refractivity contribution in [2.45, 2.75) is 24.9 Å². The number of benzene rings is 2. The zero-order chi connectivity index (χ0) is 16.8. The Morgan fingerprint density at radius 2 is 1.91 bits per heavy atom. The molecule has 0 radical (unpaired) electrons. The quantitative estimate of drug-likeness (QED) is 0.680. The van der Waals surface area contributed by atoms with Crippen LogP contribution in [0.3, 0.4) is 0 Å². The van der Waals surface area contributed by atoms with E-state index in [0.29, 0.717) is 6.42 Å². The number of nitrogens with two attached hydrogens (primary N) is 1. The van der Waals surface area contributed by atoms with E-state index < -0.39 is 24.0 Å². The van der Waals surface area contributed by atoms with Crippen molar-refractivity contribution in [1.82, 2.24) is 5.32 Å². The topological polar surface area (TPSA) is 92.4 Å². The zero-order valence-electron chi connectivity index (χ0n) is 12.7. The van der Waals surface area contributed by atoms with Crippen LogP contribution in [-0.4, -0.2) is 29.1 Å². The number of fused-ring (bicyclic) bond motifs is 1. The molecule has 0 aliphatic carbocycles. The normalized spacial score (nSPS) is 13.3. The minimum atomic E-state index is -1.09. The number of carboxylic acids is 1. The van der Waals surface area contributed by atoms with E-state index >= 15 is 0 Å². The average Bonchev–Trinajstić information content (AvgIpc) is 2.54. The minimum absolute atomic E-state index is 0.201. The summed E-state index contributed by atoms with van der Waals surface area (Å²) in [5.41, 5.74) is 6.51. The first kappa shape index (κ1) is 16.7. The molecule has 5 nitrogen and oxygen atoms in total. The van der Waals surface area contributed by atoms with Crippen LogP contribution in [0.1, 0.15) is 12.0 Å². The van der Waals surface area contributed by atoms with E-state index in [1.54, 1.807) is 0 Å². The van der Waals surface area contributed by atoms with E-state index in [1.165, 1.54) is 6.08 Å². The Morgan fingerprint density at radius 1 is 1.22 bits per heavy atom. The van der Waals surface area contributed by atoms with Gasteiger partial charge in [-0.25, -0.2) is 4.79 Å². The van der Waals surface area contributed by atoms with Gasteiger partial charge in [-0.05, 0) is 22.8 Å². The van der Waals surface area contributed by atoms with Gasteiger partial charge in [0.2, 0.25) is 5.91 Å². The van der Waals surface area contributed by atoms with E-state index in [2.05, 4.69) is 11.9 Å². The number of carbonyl (C=O) groups is 2. The van der Waals surface area contributed by atoms with Gasteiger partial charge in [-0.1, -0.05) is 48.5 Å². The summed E-state index contributed by atoms with van der Waals surface area (Å²) < 4.78 is 0. The largest absolute Gasteiger partial charge is 0.480 e. The minimum Gasteiger partial charge on any atom is -0.480 e. The third-order valence-corrected chi connectivity index (χ3v) is 3.63. The number of nitrogens with one attached hydrogen (secondary N) is 1. The number of amides is 1. The lowest BCUT2D eigenvalue weighted by Crippen LogP contribution is -2.49. The van der Waals surface area contributed by atoms with Crippen molar-refractivity contribution in [2.75, 3.05) is 0 Å². The molecule has 4 N–H and O–H groups in total. The highest BCUT2D eigenvalue weighted by atomic mass is 16.4. The molecule has 0 spiro atoms. The van der Waals surface area contributed by atoms with Gasteiger partial charge in [0.15, 0.2) is 0 Å². The molecule has 23 heavy (non-hydrogen) atoms. The Bertz CT molecular complexity index is 727. The predicted octanol–water partition coefficient (Wildman–Crippen LogP) is 1.86. The number of carboxylic acid groups (broad SMARTS) is 1. The van der Waals surface area contributed by atoms with Crippen molar-refractivity contribution in [3.63, 3.8) is 0 Å². The highest BCUT2D eigenvalue weighted by Crippen LogP contribution is 2.16. The lowest BCUT2D eigenvalue weighted by atomic mass is 10.0. The van der Waals surface area contributed by atoms with Crippen molar-refractivity contribution < 1.29 is 14.7 Å². The molecule has 2 rings (SSSR count).